The van der Waals surface area contributed by atoms with E-state index in [2.05, 4.69) is 5.32 Å². The lowest BCUT2D eigenvalue weighted by Gasteiger charge is -2.15. The molecule has 3 rings (SSSR count). The maximum absolute atomic E-state index is 12.5. The van der Waals surface area contributed by atoms with Crippen LogP contribution < -0.4 is 19.7 Å². The maximum atomic E-state index is 12.5. The summed E-state index contributed by atoms with van der Waals surface area (Å²) in [6, 6.07) is 11.7. The molecule has 2 aromatic rings. The first-order chi connectivity index (χ1) is 13.4. The molecule has 0 atom stereocenters. The minimum atomic E-state index is -1.06. The highest BCUT2D eigenvalue weighted by molar-refractivity contribution is 6.53. The zero-order chi connectivity index (χ0) is 20.3. The number of nitrogens with zero attached hydrogens (tertiary/aromatic N) is 2. The topological polar surface area (TPSA) is 105 Å². The fourth-order valence-corrected chi connectivity index (χ4v) is 2.62. The smallest absolute Gasteiger partial charge is 0.339 e. The standard InChI is InChI=1S/C19H17N3O6/c1-27-14-7-3-12(4-8-14)20-16(23)11-21-17(24)18(25)22(19(21)26)13-5-9-15(28-2)10-6-13/h3-10H,11H2,1-2H3,(H,20,23). The highest BCUT2D eigenvalue weighted by atomic mass is 16.5. The lowest BCUT2D eigenvalue weighted by atomic mass is 10.3. The van der Waals surface area contributed by atoms with E-state index in [4.69, 9.17) is 9.47 Å². The number of hydrogen-bond acceptors (Lipinski definition) is 6. The fraction of sp³-hybridized carbons (Fsp3) is 0.158. The van der Waals surface area contributed by atoms with Crippen molar-refractivity contribution in [2.75, 3.05) is 31.0 Å². The minimum absolute atomic E-state index is 0.210. The number of nitrogens with one attached hydrogen (secondary N) is 1. The van der Waals surface area contributed by atoms with Gasteiger partial charge < -0.3 is 14.8 Å². The van der Waals surface area contributed by atoms with Gasteiger partial charge in [-0.15, -0.1) is 0 Å². The number of hydrogen-bond donors (Lipinski definition) is 1. The lowest BCUT2D eigenvalue weighted by molar-refractivity contribution is -0.140. The number of imide groups is 2. The molecule has 1 N–H and O–H groups in total. The molecule has 1 aliphatic heterocycles. The van der Waals surface area contributed by atoms with Gasteiger partial charge in [-0.2, -0.15) is 0 Å². The van der Waals surface area contributed by atoms with Crippen LogP contribution in [0.1, 0.15) is 0 Å². The van der Waals surface area contributed by atoms with E-state index in [0.29, 0.717) is 22.1 Å². The number of rotatable bonds is 6. The van der Waals surface area contributed by atoms with Gasteiger partial charge in [0, 0.05) is 5.69 Å². The summed E-state index contributed by atoms with van der Waals surface area (Å²) in [6.45, 7) is -0.581. The fourth-order valence-electron chi connectivity index (χ4n) is 2.62. The number of urea groups is 1. The largest absolute Gasteiger partial charge is 0.497 e. The van der Waals surface area contributed by atoms with E-state index in [9.17, 15) is 19.2 Å². The molecule has 1 fully saturated rings. The van der Waals surface area contributed by atoms with Gasteiger partial charge in [-0.3, -0.25) is 14.4 Å². The zero-order valence-corrected chi connectivity index (χ0v) is 15.2. The van der Waals surface area contributed by atoms with E-state index >= 15 is 0 Å². The quantitative estimate of drug-likeness (QED) is 0.601. The normalized spacial score (nSPS) is 13.7. The van der Waals surface area contributed by atoms with Gasteiger partial charge in [0.05, 0.1) is 19.9 Å². The molecule has 28 heavy (non-hydrogen) atoms. The molecule has 144 valence electrons. The molecular formula is C19H17N3O6. The second-order valence-electron chi connectivity index (χ2n) is 5.79. The van der Waals surface area contributed by atoms with E-state index in [-0.39, 0.29) is 5.69 Å². The monoisotopic (exact) mass is 383 g/mol. The van der Waals surface area contributed by atoms with Gasteiger partial charge in [0.25, 0.3) is 0 Å². The maximum Gasteiger partial charge on any atom is 0.339 e. The summed E-state index contributed by atoms with van der Waals surface area (Å²) >= 11 is 0. The Morgan fingerprint density at radius 1 is 0.857 bits per heavy atom. The number of benzene rings is 2. The molecule has 0 spiro atoms. The Kier molecular flexibility index (Phi) is 5.25. The van der Waals surface area contributed by atoms with Crippen molar-refractivity contribution in [2.24, 2.45) is 0 Å². The van der Waals surface area contributed by atoms with Crippen LogP contribution in [0.25, 0.3) is 0 Å². The molecular weight excluding hydrogens is 366 g/mol. The zero-order valence-electron chi connectivity index (χ0n) is 15.2. The van der Waals surface area contributed by atoms with Crippen molar-refractivity contribution in [1.82, 2.24) is 4.90 Å². The number of amides is 5. The predicted octanol–water partition coefficient (Wildman–Crippen LogP) is 1.64. The molecule has 0 aliphatic carbocycles. The number of ether oxygens (including phenoxy) is 2. The van der Waals surface area contributed by atoms with Crippen molar-refractivity contribution >= 4 is 35.1 Å². The number of carbonyl (C=O) groups excluding carboxylic acids is 4. The molecule has 9 nitrogen and oxygen atoms in total. The third kappa shape index (κ3) is 3.63. The number of carbonyl (C=O) groups is 4. The van der Waals surface area contributed by atoms with Crippen LogP contribution in [0.15, 0.2) is 48.5 Å². The van der Waals surface area contributed by atoms with Crippen LogP contribution in [-0.4, -0.2) is 49.4 Å². The molecule has 1 aliphatic rings. The summed E-state index contributed by atoms with van der Waals surface area (Å²) in [5, 5.41) is 2.56. The van der Waals surface area contributed by atoms with Gasteiger partial charge in [0.15, 0.2) is 0 Å². The van der Waals surface area contributed by atoms with Crippen LogP contribution in [0, 0.1) is 0 Å². The van der Waals surface area contributed by atoms with Gasteiger partial charge >= 0.3 is 17.8 Å². The first-order valence-corrected chi connectivity index (χ1v) is 8.22. The lowest BCUT2D eigenvalue weighted by Crippen LogP contribution is -2.39. The van der Waals surface area contributed by atoms with E-state index in [1.165, 1.54) is 26.4 Å². The van der Waals surface area contributed by atoms with E-state index in [0.717, 1.165) is 4.90 Å². The minimum Gasteiger partial charge on any atom is -0.497 e. The van der Waals surface area contributed by atoms with Crippen LogP contribution in [0.4, 0.5) is 16.2 Å². The Hall–Kier alpha value is -3.88. The van der Waals surface area contributed by atoms with Crippen molar-refractivity contribution < 1.29 is 28.7 Å². The van der Waals surface area contributed by atoms with Gasteiger partial charge in [-0.05, 0) is 48.5 Å². The summed E-state index contributed by atoms with van der Waals surface area (Å²) in [5.41, 5.74) is 0.672. The van der Waals surface area contributed by atoms with Crippen LogP contribution in [-0.2, 0) is 14.4 Å². The predicted molar refractivity (Wildman–Crippen MR) is 99.2 cm³/mol. The van der Waals surface area contributed by atoms with Gasteiger partial charge in [0.2, 0.25) is 5.91 Å². The Morgan fingerprint density at radius 2 is 1.39 bits per heavy atom. The molecule has 0 bridgehead atoms. The molecule has 0 saturated carbocycles. The average molecular weight is 383 g/mol. The van der Waals surface area contributed by atoms with Crippen molar-refractivity contribution in [3.05, 3.63) is 48.5 Å². The molecule has 0 radical (unpaired) electrons. The van der Waals surface area contributed by atoms with Crippen LogP contribution >= 0.6 is 0 Å². The van der Waals surface area contributed by atoms with Crippen molar-refractivity contribution in [3.8, 4) is 11.5 Å². The number of methoxy groups -OCH3 is 2. The highest BCUT2D eigenvalue weighted by Crippen LogP contribution is 2.24. The molecule has 1 heterocycles. The molecule has 1 saturated heterocycles. The second-order valence-corrected chi connectivity index (χ2v) is 5.79. The van der Waals surface area contributed by atoms with Crippen LogP contribution in [0.5, 0.6) is 11.5 Å². The SMILES string of the molecule is COc1ccc(NC(=O)CN2C(=O)C(=O)N(c3ccc(OC)cc3)C2=O)cc1. The summed E-state index contributed by atoms with van der Waals surface area (Å²) in [5.74, 6) is -1.55. The van der Waals surface area contributed by atoms with Gasteiger partial charge in [-0.1, -0.05) is 0 Å². The van der Waals surface area contributed by atoms with Crippen molar-refractivity contribution in [3.63, 3.8) is 0 Å². The Balaban J connectivity index is 1.71. The van der Waals surface area contributed by atoms with Crippen LogP contribution in [0.3, 0.4) is 0 Å². The Morgan fingerprint density at radius 3 is 1.93 bits per heavy atom. The molecule has 2 aromatic carbocycles. The van der Waals surface area contributed by atoms with E-state index in [1.807, 2.05) is 0 Å². The second kappa shape index (κ2) is 7.78. The van der Waals surface area contributed by atoms with Gasteiger partial charge in [0.1, 0.15) is 18.0 Å². The summed E-state index contributed by atoms with van der Waals surface area (Å²) in [7, 11) is 3.00. The van der Waals surface area contributed by atoms with E-state index < -0.39 is 30.3 Å². The number of anilines is 2. The molecule has 5 amide bonds. The Labute approximate surface area is 160 Å². The van der Waals surface area contributed by atoms with Crippen molar-refractivity contribution in [2.45, 2.75) is 0 Å². The molecule has 0 unspecified atom stereocenters. The van der Waals surface area contributed by atoms with Gasteiger partial charge in [-0.25, -0.2) is 14.6 Å². The first-order valence-electron chi connectivity index (χ1n) is 8.22. The summed E-state index contributed by atoms with van der Waals surface area (Å²) in [6.07, 6.45) is 0. The first kappa shape index (κ1) is 18.9. The van der Waals surface area contributed by atoms with E-state index in [1.54, 1.807) is 36.4 Å². The summed E-state index contributed by atoms with van der Waals surface area (Å²) in [4.78, 5) is 50.5. The van der Waals surface area contributed by atoms with Crippen molar-refractivity contribution in [1.29, 1.82) is 0 Å². The third-order valence-electron chi connectivity index (χ3n) is 4.06. The van der Waals surface area contributed by atoms with Crippen LogP contribution in [0.2, 0.25) is 0 Å². The molecule has 0 aromatic heterocycles. The summed E-state index contributed by atoms with van der Waals surface area (Å²) < 4.78 is 10.1. The Bertz CT molecular complexity index is 924. The third-order valence-corrected chi connectivity index (χ3v) is 4.06. The molecule has 9 heteroatoms. The highest BCUT2D eigenvalue weighted by Gasteiger charge is 2.46. The average Bonchev–Trinajstić information content (AvgIpc) is 2.92.